The zero-order valence-corrected chi connectivity index (χ0v) is 17.3. The zero-order chi connectivity index (χ0) is 19.9. The lowest BCUT2D eigenvalue weighted by Gasteiger charge is -2.18. The number of fused-ring (bicyclic) bond motifs is 4. The van der Waals surface area contributed by atoms with Gasteiger partial charge in [0, 0.05) is 0 Å². The van der Waals surface area contributed by atoms with E-state index in [1.807, 2.05) is 0 Å². The molecule has 0 atom stereocenters. The Bertz CT molecular complexity index is 1150. The maximum absolute atomic E-state index is 2.36. The van der Waals surface area contributed by atoms with Crippen LogP contribution in [0.2, 0.25) is 0 Å². The van der Waals surface area contributed by atoms with Gasteiger partial charge in [-0.2, -0.15) is 0 Å². The molecule has 146 valence electrons. The second-order valence-corrected chi connectivity index (χ2v) is 8.78. The average molecular weight is 387 g/mol. The van der Waals surface area contributed by atoms with Crippen molar-refractivity contribution in [3.05, 3.63) is 129 Å². The van der Waals surface area contributed by atoms with E-state index >= 15 is 0 Å². The molecule has 0 bridgehead atoms. The Labute approximate surface area is 179 Å². The molecule has 0 saturated carbocycles. The van der Waals surface area contributed by atoms with E-state index in [4.69, 9.17) is 0 Å². The quantitative estimate of drug-likeness (QED) is 0.340. The van der Waals surface area contributed by atoms with Gasteiger partial charge in [0.25, 0.3) is 0 Å². The molecule has 0 amide bonds. The summed E-state index contributed by atoms with van der Waals surface area (Å²) in [4.78, 5) is 0. The number of benzene rings is 4. The van der Waals surface area contributed by atoms with Gasteiger partial charge in [-0.15, -0.1) is 0 Å². The van der Waals surface area contributed by atoms with Crippen LogP contribution < -0.4 is 0 Å². The molecule has 4 aromatic rings. The molecule has 6 rings (SSSR count). The molecular formula is C30H26. The SMILES string of the molecule is c1ccc2c(c1)CCc1c(cccc1-c1cccc3c1CCc1ccccc1C3)C2. The van der Waals surface area contributed by atoms with Gasteiger partial charge in [0.1, 0.15) is 0 Å². The third kappa shape index (κ3) is 2.99. The first-order valence-corrected chi connectivity index (χ1v) is 11.2. The van der Waals surface area contributed by atoms with Crippen LogP contribution in [0.15, 0.2) is 84.9 Å². The molecule has 0 fully saturated rings. The van der Waals surface area contributed by atoms with Crippen molar-refractivity contribution in [3.63, 3.8) is 0 Å². The fourth-order valence-electron chi connectivity index (χ4n) is 5.57. The van der Waals surface area contributed by atoms with Crippen molar-refractivity contribution in [2.45, 2.75) is 38.5 Å². The summed E-state index contributed by atoms with van der Waals surface area (Å²) >= 11 is 0. The van der Waals surface area contributed by atoms with Crippen LogP contribution in [0.4, 0.5) is 0 Å². The predicted octanol–water partition coefficient (Wildman–Crippen LogP) is 6.73. The van der Waals surface area contributed by atoms with Crippen LogP contribution >= 0.6 is 0 Å². The molecule has 0 radical (unpaired) electrons. The number of hydrogen-bond acceptors (Lipinski definition) is 0. The minimum absolute atomic E-state index is 1.06. The largest absolute Gasteiger partial charge is 0.0620 e. The molecule has 30 heavy (non-hydrogen) atoms. The molecule has 0 heterocycles. The summed E-state index contributed by atoms with van der Waals surface area (Å²) in [6, 6.07) is 31.9. The van der Waals surface area contributed by atoms with Crippen LogP contribution in [0.5, 0.6) is 0 Å². The van der Waals surface area contributed by atoms with E-state index in [-0.39, 0.29) is 0 Å². The van der Waals surface area contributed by atoms with Crippen LogP contribution in [-0.2, 0) is 38.5 Å². The van der Waals surface area contributed by atoms with E-state index < -0.39 is 0 Å². The number of hydrogen-bond donors (Lipinski definition) is 0. The lowest BCUT2D eigenvalue weighted by molar-refractivity contribution is 0.955. The molecule has 2 aliphatic rings. The van der Waals surface area contributed by atoms with Gasteiger partial charge < -0.3 is 0 Å². The highest BCUT2D eigenvalue weighted by molar-refractivity contribution is 5.74. The van der Waals surface area contributed by atoms with Crippen molar-refractivity contribution in [1.82, 2.24) is 0 Å². The second kappa shape index (κ2) is 7.29. The van der Waals surface area contributed by atoms with E-state index in [2.05, 4.69) is 84.9 Å². The first-order valence-electron chi connectivity index (χ1n) is 11.2. The highest BCUT2D eigenvalue weighted by atomic mass is 14.2. The molecule has 0 heteroatoms. The Morgan fingerprint density at radius 3 is 1.20 bits per heavy atom. The summed E-state index contributed by atoms with van der Waals surface area (Å²) in [7, 11) is 0. The summed E-state index contributed by atoms with van der Waals surface area (Å²) in [6.45, 7) is 0. The van der Waals surface area contributed by atoms with Crippen LogP contribution in [0.3, 0.4) is 0 Å². The number of aryl methyl sites for hydroxylation is 2. The zero-order valence-electron chi connectivity index (χ0n) is 17.3. The summed E-state index contributed by atoms with van der Waals surface area (Å²) in [5, 5.41) is 0. The van der Waals surface area contributed by atoms with E-state index in [1.165, 1.54) is 44.5 Å². The molecule has 0 aliphatic heterocycles. The first-order chi connectivity index (χ1) is 14.9. The fraction of sp³-hybridized carbons (Fsp3) is 0.200. The molecule has 0 unspecified atom stereocenters. The first kappa shape index (κ1) is 17.7. The van der Waals surface area contributed by atoms with Crippen molar-refractivity contribution < 1.29 is 0 Å². The molecule has 0 aromatic heterocycles. The van der Waals surface area contributed by atoms with Gasteiger partial charge in [-0.3, -0.25) is 0 Å². The van der Waals surface area contributed by atoms with Gasteiger partial charge in [0.2, 0.25) is 0 Å². The maximum Gasteiger partial charge on any atom is -0.00201 e. The van der Waals surface area contributed by atoms with Gasteiger partial charge in [-0.05, 0) is 94.2 Å². The molecule has 0 N–H and O–H groups in total. The van der Waals surface area contributed by atoms with Gasteiger partial charge in [0.05, 0.1) is 0 Å². The maximum atomic E-state index is 2.36. The lowest BCUT2D eigenvalue weighted by Crippen LogP contribution is -2.01. The van der Waals surface area contributed by atoms with Gasteiger partial charge in [-0.25, -0.2) is 0 Å². The van der Waals surface area contributed by atoms with E-state index in [0.717, 1.165) is 38.5 Å². The van der Waals surface area contributed by atoms with E-state index in [1.54, 1.807) is 11.1 Å². The fourth-order valence-corrected chi connectivity index (χ4v) is 5.57. The smallest absolute Gasteiger partial charge is 0.00201 e. The van der Waals surface area contributed by atoms with Crippen LogP contribution in [0, 0.1) is 0 Å². The predicted molar refractivity (Wildman–Crippen MR) is 125 cm³/mol. The van der Waals surface area contributed by atoms with Gasteiger partial charge >= 0.3 is 0 Å². The second-order valence-electron chi connectivity index (χ2n) is 8.78. The van der Waals surface area contributed by atoms with Crippen LogP contribution in [0.1, 0.15) is 44.5 Å². The molecule has 4 aromatic carbocycles. The highest BCUT2D eigenvalue weighted by Gasteiger charge is 2.20. The average Bonchev–Trinajstić information content (AvgIpc) is 3.10. The van der Waals surface area contributed by atoms with E-state index in [9.17, 15) is 0 Å². The van der Waals surface area contributed by atoms with Crippen LogP contribution in [0.25, 0.3) is 11.1 Å². The normalized spacial score (nSPS) is 14.5. The summed E-state index contributed by atoms with van der Waals surface area (Å²) in [5.41, 5.74) is 15.1. The monoisotopic (exact) mass is 386 g/mol. The summed E-state index contributed by atoms with van der Waals surface area (Å²) in [5.74, 6) is 0. The van der Waals surface area contributed by atoms with Gasteiger partial charge in [0.15, 0.2) is 0 Å². The highest BCUT2D eigenvalue weighted by Crippen LogP contribution is 2.37. The van der Waals surface area contributed by atoms with Crippen molar-refractivity contribution in [1.29, 1.82) is 0 Å². The Kier molecular flexibility index (Phi) is 4.30. The molecule has 2 aliphatic carbocycles. The lowest BCUT2D eigenvalue weighted by atomic mass is 9.87. The topological polar surface area (TPSA) is 0 Å². The van der Waals surface area contributed by atoms with Crippen LogP contribution in [-0.4, -0.2) is 0 Å². The van der Waals surface area contributed by atoms with Gasteiger partial charge in [-0.1, -0.05) is 84.9 Å². The Balaban J connectivity index is 1.46. The molecular weight excluding hydrogens is 360 g/mol. The Morgan fingerprint density at radius 2 is 0.733 bits per heavy atom. The third-order valence-electron chi connectivity index (χ3n) is 7.12. The standard InChI is InChI=1S/C30H26/c1-3-9-23-19-25-11-5-13-29(27(25)17-15-21(23)7-1)30-14-6-12-26-20-24-10-4-2-8-22(24)16-18-28(26)30/h1-14H,15-20H2. The molecule has 0 saturated heterocycles. The molecule has 0 nitrogen and oxygen atoms in total. The minimum Gasteiger partial charge on any atom is -0.0620 e. The minimum atomic E-state index is 1.06. The van der Waals surface area contributed by atoms with Crippen molar-refractivity contribution in [2.75, 3.05) is 0 Å². The van der Waals surface area contributed by atoms with Crippen molar-refractivity contribution in [3.8, 4) is 11.1 Å². The third-order valence-corrected chi connectivity index (χ3v) is 7.12. The Morgan fingerprint density at radius 1 is 0.333 bits per heavy atom. The number of rotatable bonds is 1. The van der Waals surface area contributed by atoms with Crippen molar-refractivity contribution >= 4 is 0 Å². The summed E-state index contributed by atoms with van der Waals surface area (Å²) < 4.78 is 0. The Hall–Kier alpha value is -3.12. The van der Waals surface area contributed by atoms with Crippen molar-refractivity contribution in [2.24, 2.45) is 0 Å². The summed E-state index contributed by atoms with van der Waals surface area (Å²) in [6.07, 6.45) is 6.65. The van der Waals surface area contributed by atoms with E-state index in [0.29, 0.717) is 0 Å². The molecule has 0 spiro atoms.